The maximum absolute atomic E-state index is 4.43. The van der Waals surface area contributed by atoms with Crippen LogP contribution in [0.5, 0.6) is 0 Å². The molecule has 0 saturated carbocycles. The quantitative estimate of drug-likeness (QED) is 0.762. The normalized spacial score (nSPS) is 10.4. The van der Waals surface area contributed by atoms with Crippen molar-refractivity contribution < 1.29 is 0 Å². The van der Waals surface area contributed by atoms with Crippen molar-refractivity contribution >= 4 is 6.08 Å². The molecule has 0 radical (unpaired) electrons. The highest BCUT2D eigenvalue weighted by Crippen LogP contribution is 2.24. The van der Waals surface area contributed by atoms with Gasteiger partial charge >= 0.3 is 0 Å². The molecule has 1 nitrogen and oxygen atoms in total. The third kappa shape index (κ3) is 2.35. The van der Waals surface area contributed by atoms with Crippen molar-refractivity contribution in [2.24, 2.45) is 0 Å². The first-order valence-corrected chi connectivity index (χ1v) is 6.34. The molecule has 0 amide bonds. The van der Waals surface area contributed by atoms with Gasteiger partial charge in [-0.05, 0) is 54.7 Å². The van der Waals surface area contributed by atoms with E-state index in [0.717, 1.165) is 12.1 Å². The highest BCUT2D eigenvalue weighted by molar-refractivity contribution is 5.66. The molecule has 1 heterocycles. The highest BCUT2D eigenvalue weighted by Gasteiger charge is 2.04. The van der Waals surface area contributed by atoms with Crippen LogP contribution in [-0.4, -0.2) is 4.98 Å². The zero-order chi connectivity index (χ0) is 13.1. The Hall–Kier alpha value is -1.89. The number of hydrogen-bond donors (Lipinski definition) is 0. The van der Waals surface area contributed by atoms with Crippen LogP contribution in [-0.2, 0) is 6.42 Å². The second-order valence-corrected chi connectivity index (χ2v) is 4.63. The molecule has 0 saturated heterocycles. The third-order valence-corrected chi connectivity index (χ3v) is 3.38. The summed E-state index contributed by atoms with van der Waals surface area (Å²) in [5.41, 5.74) is 7.30. The summed E-state index contributed by atoms with van der Waals surface area (Å²) in [5, 5.41) is 0. The van der Waals surface area contributed by atoms with Gasteiger partial charge in [-0.1, -0.05) is 31.7 Å². The Bertz CT molecular complexity index is 582. The van der Waals surface area contributed by atoms with Crippen molar-refractivity contribution in [2.45, 2.75) is 27.2 Å². The average Bonchev–Trinajstić information content (AvgIpc) is 2.39. The number of pyridine rings is 1. The van der Waals surface area contributed by atoms with Crippen molar-refractivity contribution in [1.29, 1.82) is 0 Å². The number of aryl methyl sites for hydroxylation is 3. The molecule has 0 N–H and O–H groups in total. The lowest BCUT2D eigenvalue weighted by atomic mass is 9.98. The number of hydrogen-bond acceptors (Lipinski definition) is 1. The first-order valence-electron chi connectivity index (χ1n) is 6.34. The van der Waals surface area contributed by atoms with E-state index < -0.39 is 0 Å². The van der Waals surface area contributed by atoms with E-state index in [0.29, 0.717) is 0 Å². The molecule has 2 rings (SSSR count). The Morgan fingerprint density at radius 2 is 1.89 bits per heavy atom. The summed E-state index contributed by atoms with van der Waals surface area (Å²) in [6.45, 7) is 10.2. The molecule has 0 fully saturated rings. The van der Waals surface area contributed by atoms with Crippen LogP contribution in [0, 0.1) is 13.8 Å². The minimum absolute atomic E-state index is 0.960. The summed E-state index contributed by atoms with van der Waals surface area (Å²) in [7, 11) is 0. The second kappa shape index (κ2) is 5.18. The van der Waals surface area contributed by atoms with Gasteiger partial charge in [-0.3, -0.25) is 4.98 Å². The Morgan fingerprint density at radius 3 is 2.50 bits per heavy atom. The minimum Gasteiger partial charge on any atom is -0.256 e. The van der Waals surface area contributed by atoms with E-state index in [1.807, 2.05) is 6.20 Å². The highest BCUT2D eigenvalue weighted by atomic mass is 14.7. The van der Waals surface area contributed by atoms with Gasteiger partial charge in [-0.2, -0.15) is 0 Å². The fraction of sp³-hybridized carbons (Fsp3) is 0.235. The largest absolute Gasteiger partial charge is 0.256 e. The Balaban J connectivity index is 2.48. The predicted molar refractivity (Wildman–Crippen MR) is 78.6 cm³/mol. The monoisotopic (exact) mass is 237 g/mol. The van der Waals surface area contributed by atoms with Crippen LogP contribution in [0.1, 0.15) is 29.3 Å². The number of aromatic nitrogens is 1. The van der Waals surface area contributed by atoms with Gasteiger partial charge in [0.2, 0.25) is 0 Å². The van der Waals surface area contributed by atoms with Gasteiger partial charge in [0.15, 0.2) is 0 Å². The molecule has 0 aliphatic rings. The first-order chi connectivity index (χ1) is 8.65. The van der Waals surface area contributed by atoms with Gasteiger partial charge < -0.3 is 0 Å². The molecule has 0 aliphatic heterocycles. The SMILES string of the molecule is C=Cc1ncc(-c2ccc(C)c(CC)c2)cc1C. The smallest absolute Gasteiger partial charge is 0.0653 e. The van der Waals surface area contributed by atoms with Gasteiger partial charge in [-0.25, -0.2) is 0 Å². The van der Waals surface area contributed by atoms with Crippen molar-refractivity contribution in [1.82, 2.24) is 4.98 Å². The summed E-state index contributed by atoms with van der Waals surface area (Å²) >= 11 is 0. The summed E-state index contributed by atoms with van der Waals surface area (Å²) in [6.07, 6.45) is 4.79. The van der Waals surface area contributed by atoms with Gasteiger partial charge in [0, 0.05) is 11.8 Å². The van der Waals surface area contributed by atoms with Gasteiger partial charge in [0.05, 0.1) is 5.69 Å². The van der Waals surface area contributed by atoms with E-state index in [4.69, 9.17) is 0 Å². The summed E-state index contributed by atoms with van der Waals surface area (Å²) in [4.78, 5) is 4.43. The molecular weight excluding hydrogens is 218 g/mol. The lowest BCUT2D eigenvalue weighted by molar-refractivity contribution is 1.11. The first kappa shape index (κ1) is 12.6. The van der Waals surface area contributed by atoms with Crippen LogP contribution in [0.15, 0.2) is 37.0 Å². The number of benzene rings is 1. The summed E-state index contributed by atoms with van der Waals surface area (Å²) < 4.78 is 0. The van der Waals surface area contributed by atoms with E-state index in [-0.39, 0.29) is 0 Å². The van der Waals surface area contributed by atoms with Crippen molar-refractivity contribution in [3.63, 3.8) is 0 Å². The van der Waals surface area contributed by atoms with Crippen LogP contribution in [0.3, 0.4) is 0 Å². The second-order valence-electron chi connectivity index (χ2n) is 4.63. The molecular formula is C17H19N. The van der Waals surface area contributed by atoms with Crippen LogP contribution in [0.2, 0.25) is 0 Å². The maximum atomic E-state index is 4.43. The lowest BCUT2D eigenvalue weighted by Gasteiger charge is -2.09. The molecule has 0 atom stereocenters. The van der Waals surface area contributed by atoms with Crippen LogP contribution in [0.4, 0.5) is 0 Å². The van der Waals surface area contributed by atoms with Crippen LogP contribution < -0.4 is 0 Å². The van der Waals surface area contributed by atoms with Crippen LogP contribution >= 0.6 is 0 Å². The van der Waals surface area contributed by atoms with E-state index in [9.17, 15) is 0 Å². The fourth-order valence-electron chi connectivity index (χ4n) is 2.19. The standard InChI is InChI=1S/C17H19N/c1-5-14-10-15(8-7-12(14)3)16-9-13(4)17(6-2)18-11-16/h6-11H,2,5H2,1,3-4H3. The van der Waals surface area contributed by atoms with Crippen molar-refractivity contribution in [3.8, 4) is 11.1 Å². The lowest BCUT2D eigenvalue weighted by Crippen LogP contribution is -1.91. The Kier molecular flexibility index (Phi) is 3.61. The molecule has 0 spiro atoms. The van der Waals surface area contributed by atoms with E-state index in [2.05, 4.69) is 56.6 Å². The molecule has 18 heavy (non-hydrogen) atoms. The molecule has 0 aliphatic carbocycles. The molecule has 2 aromatic rings. The summed E-state index contributed by atoms with van der Waals surface area (Å²) in [6, 6.07) is 8.79. The van der Waals surface area contributed by atoms with Crippen molar-refractivity contribution in [2.75, 3.05) is 0 Å². The predicted octanol–water partition coefficient (Wildman–Crippen LogP) is 4.57. The molecule has 0 bridgehead atoms. The van der Waals surface area contributed by atoms with Gasteiger partial charge in [0.1, 0.15) is 0 Å². The molecule has 92 valence electrons. The topological polar surface area (TPSA) is 12.9 Å². The Morgan fingerprint density at radius 1 is 1.11 bits per heavy atom. The van der Waals surface area contributed by atoms with E-state index >= 15 is 0 Å². The number of nitrogens with zero attached hydrogens (tertiary/aromatic N) is 1. The van der Waals surface area contributed by atoms with E-state index in [1.54, 1.807) is 6.08 Å². The molecule has 1 aromatic carbocycles. The number of rotatable bonds is 3. The fourth-order valence-corrected chi connectivity index (χ4v) is 2.19. The van der Waals surface area contributed by atoms with Crippen molar-refractivity contribution in [3.05, 3.63) is 59.4 Å². The molecule has 0 unspecified atom stereocenters. The zero-order valence-corrected chi connectivity index (χ0v) is 11.3. The minimum atomic E-state index is 0.960. The summed E-state index contributed by atoms with van der Waals surface area (Å²) in [5.74, 6) is 0. The third-order valence-electron chi connectivity index (χ3n) is 3.38. The van der Waals surface area contributed by atoms with Gasteiger partial charge in [-0.15, -0.1) is 0 Å². The zero-order valence-electron chi connectivity index (χ0n) is 11.3. The molecule has 1 heteroatoms. The Labute approximate surface area is 109 Å². The average molecular weight is 237 g/mol. The van der Waals surface area contributed by atoms with Crippen LogP contribution in [0.25, 0.3) is 17.2 Å². The van der Waals surface area contributed by atoms with E-state index in [1.165, 1.54) is 27.8 Å². The molecule has 1 aromatic heterocycles. The maximum Gasteiger partial charge on any atom is 0.0653 e. The van der Waals surface area contributed by atoms with Gasteiger partial charge in [0.25, 0.3) is 0 Å².